The van der Waals surface area contributed by atoms with E-state index in [4.69, 9.17) is 4.74 Å². The van der Waals surface area contributed by atoms with E-state index in [1.165, 1.54) is 7.11 Å². The van der Waals surface area contributed by atoms with Gasteiger partial charge in [-0.25, -0.2) is 4.79 Å². The molecule has 4 heteroatoms. The second kappa shape index (κ2) is 5.56. The molecule has 0 bridgehead atoms. The molecule has 2 aliphatic rings. The van der Waals surface area contributed by atoms with Crippen LogP contribution >= 0.6 is 0 Å². The van der Waals surface area contributed by atoms with E-state index in [9.17, 15) is 9.59 Å². The molecule has 0 unspecified atom stereocenters. The number of ketones is 1. The molecule has 0 heterocycles. The molecular formula is C18H26O4. The first-order valence-electron chi connectivity index (χ1n) is 7.83. The van der Waals surface area contributed by atoms with Gasteiger partial charge >= 0.3 is 6.16 Å². The molecular weight excluding hydrogens is 280 g/mol. The summed E-state index contributed by atoms with van der Waals surface area (Å²) >= 11 is 0. The topological polar surface area (TPSA) is 52.6 Å². The van der Waals surface area contributed by atoms with Gasteiger partial charge in [0, 0.05) is 17.4 Å². The molecule has 4 nitrogen and oxygen atoms in total. The number of methoxy groups -OCH3 is 1. The third kappa shape index (κ3) is 2.59. The summed E-state index contributed by atoms with van der Waals surface area (Å²) in [5, 5.41) is 0. The van der Waals surface area contributed by atoms with E-state index >= 15 is 0 Å². The van der Waals surface area contributed by atoms with Crippen LogP contribution in [0, 0.1) is 16.7 Å². The van der Waals surface area contributed by atoms with Crippen LogP contribution in [0.25, 0.3) is 0 Å². The van der Waals surface area contributed by atoms with E-state index in [1.807, 2.05) is 6.92 Å². The molecule has 0 N–H and O–H groups in total. The first kappa shape index (κ1) is 16.8. The van der Waals surface area contributed by atoms with Crippen molar-refractivity contribution in [2.75, 3.05) is 7.11 Å². The average molecular weight is 306 g/mol. The Morgan fingerprint density at radius 1 is 1.27 bits per heavy atom. The van der Waals surface area contributed by atoms with Crippen LogP contribution in [0.1, 0.15) is 53.4 Å². The third-order valence-corrected chi connectivity index (χ3v) is 5.64. The summed E-state index contributed by atoms with van der Waals surface area (Å²) in [6, 6.07) is 0. The summed E-state index contributed by atoms with van der Waals surface area (Å²) in [4.78, 5) is 23.9. The van der Waals surface area contributed by atoms with E-state index in [-0.39, 0.29) is 28.3 Å². The lowest BCUT2D eigenvalue weighted by Gasteiger charge is -2.54. The minimum absolute atomic E-state index is 0.0835. The predicted molar refractivity (Wildman–Crippen MR) is 84.2 cm³/mol. The summed E-state index contributed by atoms with van der Waals surface area (Å²) in [5.41, 5.74) is 1.36. The maximum Gasteiger partial charge on any atom is 0.513 e. The van der Waals surface area contributed by atoms with Crippen LogP contribution in [-0.2, 0) is 14.3 Å². The molecule has 1 saturated carbocycles. The molecule has 2 aliphatic carbocycles. The number of rotatable bonds is 2. The standard InChI is InChI=1S/C18H26O4/c1-11-13(19)10-14-17(3,4)8-7-9-18(14,5)15(11)12(2)22-16(20)21-6/h14H,2,7-10H2,1,3-6H3/t14-,18-/m0/s1. The van der Waals surface area contributed by atoms with Crippen molar-refractivity contribution in [2.24, 2.45) is 16.7 Å². The number of carbonyl (C=O) groups is 2. The number of ether oxygens (including phenoxy) is 2. The summed E-state index contributed by atoms with van der Waals surface area (Å²) < 4.78 is 9.73. The lowest BCUT2D eigenvalue weighted by atomic mass is 9.50. The highest BCUT2D eigenvalue weighted by Gasteiger charge is 2.53. The van der Waals surface area contributed by atoms with Gasteiger partial charge in [-0.1, -0.05) is 33.8 Å². The Morgan fingerprint density at radius 3 is 2.50 bits per heavy atom. The van der Waals surface area contributed by atoms with Crippen molar-refractivity contribution >= 4 is 11.9 Å². The molecule has 0 spiro atoms. The Hall–Kier alpha value is -1.58. The fraction of sp³-hybridized carbons (Fsp3) is 0.667. The van der Waals surface area contributed by atoms with Gasteiger partial charge in [-0.15, -0.1) is 0 Å². The van der Waals surface area contributed by atoms with Crippen LogP contribution in [0.15, 0.2) is 23.5 Å². The number of carbonyl (C=O) groups excluding carboxylic acids is 2. The second-order valence-corrected chi connectivity index (χ2v) is 7.42. The van der Waals surface area contributed by atoms with Crippen molar-refractivity contribution in [3.05, 3.63) is 23.5 Å². The van der Waals surface area contributed by atoms with Gasteiger partial charge in [-0.2, -0.15) is 0 Å². The third-order valence-electron chi connectivity index (χ3n) is 5.64. The molecule has 122 valence electrons. The van der Waals surface area contributed by atoms with Gasteiger partial charge in [0.05, 0.1) is 7.11 Å². The van der Waals surface area contributed by atoms with Crippen LogP contribution in [0.5, 0.6) is 0 Å². The molecule has 0 saturated heterocycles. The van der Waals surface area contributed by atoms with E-state index in [2.05, 4.69) is 32.1 Å². The van der Waals surface area contributed by atoms with Gasteiger partial charge in [0.15, 0.2) is 5.78 Å². The van der Waals surface area contributed by atoms with Gasteiger partial charge < -0.3 is 9.47 Å². The Bertz CT molecular complexity index is 555. The second-order valence-electron chi connectivity index (χ2n) is 7.42. The zero-order valence-electron chi connectivity index (χ0n) is 14.2. The number of allylic oxidation sites excluding steroid dienone is 2. The Kier molecular flexibility index (Phi) is 4.24. The molecule has 0 aliphatic heterocycles. The summed E-state index contributed by atoms with van der Waals surface area (Å²) in [7, 11) is 1.26. The van der Waals surface area contributed by atoms with Crippen LogP contribution < -0.4 is 0 Å². The smallest absolute Gasteiger partial charge is 0.437 e. The van der Waals surface area contributed by atoms with Crippen LogP contribution in [-0.4, -0.2) is 19.0 Å². The van der Waals surface area contributed by atoms with Crippen molar-refractivity contribution in [1.82, 2.24) is 0 Å². The zero-order valence-corrected chi connectivity index (χ0v) is 14.2. The summed E-state index contributed by atoms with van der Waals surface area (Å²) in [6.07, 6.45) is 2.95. The average Bonchev–Trinajstić information content (AvgIpc) is 2.41. The van der Waals surface area contributed by atoms with Gasteiger partial charge in [0.2, 0.25) is 0 Å². The number of hydrogen-bond donors (Lipinski definition) is 0. The minimum Gasteiger partial charge on any atom is -0.437 e. The monoisotopic (exact) mass is 306 g/mol. The van der Waals surface area contributed by atoms with Crippen LogP contribution in [0.3, 0.4) is 0 Å². The lowest BCUT2D eigenvalue weighted by Crippen LogP contribution is -2.48. The Labute approximate surface area is 132 Å². The Morgan fingerprint density at radius 2 is 1.91 bits per heavy atom. The minimum atomic E-state index is -0.793. The van der Waals surface area contributed by atoms with Crippen molar-refractivity contribution < 1.29 is 19.1 Å². The maximum absolute atomic E-state index is 12.5. The zero-order chi connectivity index (χ0) is 16.7. The SMILES string of the molecule is C=C(OC(=O)OC)C1=C(C)C(=O)C[C@H]2C(C)(C)CCC[C@]12C. The highest BCUT2D eigenvalue weighted by molar-refractivity contribution is 5.98. The fourth-order valence-corrected chi connectivity index (χ4v) is 4.55. The van der Waals surface area contributed by atoms with Crippen molar-refractivity contribution in [3.63, 3.8) is 0 Å². The van der Waals surface area contributed by atoms with Crippen molar-refractivity contribution in [1.29, 1.82) is 0 Å². The molecule has 0 aromatic rings. The van der Waals surface area contributed by atoms with Gasteiger partial charge in [-0.3, -0.25) is 4.79 Å². The first-order chi connectivity index (χ1) is 10.1. The summed E-state index contributed by atoms with van der Waals surface area (Å²) in [5.74, 6) is 0.614. The predicted octanol–water partition coefficient (Wildman–Crippen LogP) is 4.41. The van der Waals surface area contributed by atoms with Crippen LogP contribution in [0.2, 0.25) is 0 Å². The molecule has 1 fully saturated rings. The van der Waals surface area contributed by atoms with Crippen LogP contribution in [0.4, 0.5) is 4.79 Å². The van der Waals surface area contributed by atoms with Gasteiger partial charge in [0.25, 0.3) is 0 Å². The number of fused-ring (bicyclic) bond motifs is 1. The number of Topliss-reactive ketones (excluding diaryl/α,β-unsaturated/α-hetero) is 1. The largest absolute Gasteiger partial charge is 0.513 e. The normalized spacial score (nSPS) is 30.6. The molecule has 2 rings (SSSR count). The lowest BCUT2D eigenvalue weighted by molar-refractivity contribution is -0.121. The highest BCUT2D eigenvalue weighted by Crippen LogP contribution is 2.60. The molecule has 22 heavy (non-hydrogen) atoms. The Balaban J connectivity index is 2.48. The first-order valence-corrected chi connectivity index (χ1v) is 7.83. The van der Waals surface area contributed by atoms with Crippen molar-refractivity contribution in [3.8, 4) is 0 Å². The molecule has 0 aromatic heterocycles. The van der Waals surface area contributed by atoms with Gasteiger partial charge in [-0.05, 0) is 36.7 Å². The van der Waals surface area contributed by atoms with Crippen molar-refractivity contribution in [2.45, 2.75) is 53.4 Å². The molecule has 0 aromatic carbocycles. The quantitative estimate of drug-likeness (QED) is 0.560. The van der Waals surface area contributed by atoms with E-state index < -0.39 is 6.16 Å². The fourth-order valence-electron chi connectivity index (χ4n) is 4.55. The maximum atomic E-state index is 12.5. The van der Waals surface area contributed by atoms with E-state index in [0.29, 0.717) is 12.0 Å². The molecule has 2 atom stereocenters. The number of hydrogen-bond acceptors (Lipinski definition) is 4. The highest BCUT2D eigenvalue weighted by atomic mass is 16.7. The molecule has 0 radical (unpaired) electrons. The molecule has 0 amide bonds. The van der Waals surface area contributed by atoms with E-state index in [1.54, 1.807) is 0 Å². The van der Waals surface area contributed by atoms with E-state index in [0.717, 1.165) is 24.8 Å². The summed E-state index contributed by atoms with van der Waals surface area (Å²) in [6.45, 7) is 12.3. The van der Waals surface area contributed by atoms with Gasteiger partial charge in [0.1, 0.15) is 5.76 Å².